The van der Waals surface area contributed by atoms with Crippen LogP contribution in [0, 0.1) is 0 Å². The Balaban J connectivity index is 0.564. The van der Waals surface area contributed by atoms with Crippen LogP contribution in [0.5, 0.6) is 0 Å². The highest BCUT2D eigenvalue weighted by Gasteiger charge is 2.21. The summed E-state index contributed by atoms with van der Waals surface area (Å²) in [7, 11) is 0. The molecule has 0 aliphatic heterocycles. The quantitative estimate of drug-likeness (QED) is 0.103. The van der Waals surface area contributed by atoms with Crippen molar-refractivity contribution in [2.24, 2.45) is 0 Å². The summed E-state index contributed by atoms with van der Waals surface area (Å²) in [5.41, 5.74) is 33.0. The van der Waals surface area contributed by atoms with E-state index in [1.807, 2.05) is 24.3 Å². The Hall–Kier alpha value is -15.2. The van der Waals surface area contributed by atoms with Crippen LogP contribution in [0.25, 0.3) is 177 Å². The number of rotatable bonds is 15. The number of nitrogens with zero attached hydrogens (tertiary/aromatic N) is 4. The van der Waals surface area contributed by atoms with Gasteiger partial charge in [0.25, 0.3) is 0 Å². The van der Waals surface area contributed by atoms with Crippen LogP contribution >= 0.6 is 0 Å². The van der Waals surface area contributed by atoms with Gasteiger partial charge in [0.1, 0.15) is 22.3 Å². The van der Waals surface area contributed by atoms with Gasteiger partial charge >= 0.3 is 0 Å². The van der Waals surface area contributed by atoms with Crippen molar-refractivity contribution in [1.82, 2.24) is 9.13 Å². The van der Waals surface area contributed by atoms with Crippen LogP contribution in [0.2, 0.25) is 0 Å². The molecule has 18 aromatic carbocycles. The molecule has 0 spiro atoms. The van der Waals surface area contributed by atoms with Crippen molar-refractivity contribution < 1.29 is 8.83 Å². The second-order valence-electron chi connectivity index (χ2n) is 29.6. The molecule has 0 amide bonds. The number of furan rings is 2. The van der Waals surface area contributed by atoms with E-state index in [1.54, 1.807) is 0 Å². The summed E-state index contributed by atoms with van der Waals surface area (Å²) < 4.78 is 17.2. The third kappa shape index (κ3) is 11.6. The minimum atomic E-state index is 0.889. The SMILES string of the molecule is c1ccc(-n2c3ccccc3c3cc(-c4ccc(N(c5ccc(-c6cccc(-c7cccc(-c8ccc(N(c9ccc(-c%10ccc%11oc%12ccccc%12c%11c%10)cc9)c9ccc(-c%10ccc%11c(c%10)c%10ccccc%10n%11-c%10ccccc%10)cc9)cc8)c7)c6)cc5)c5ccc(-c6ccc7oc8ccccc8c7c6)cc5)cc4)ccc32)cc1. The van der Waals surface area contributed by atoms with Gasteiger partial charge in [-0.15, -0.1) is 0 Å². The van der Waals surface area contributed by atoms with Gasteiger partial charge in [-0.2, -0.15) is 0 Å². The van der Waals surface area contributed by atoms with Crippen LogP contribution < -0.4 is 9.80 Å². The van der Waals surface area contributed by atoms with Gasteiger partial charge in [-0.25, -0.2) is 0 Å². The van der Waals surface area contributed by atoms with E-state index in [4.69, 9.17) is 8.83 Å². The van der Waals surface area contributed by atoms with Crippen molar-refractivity contribution in [3.63, 3.8) is 0 Å². The maximum atomic E-state index is 6.23. The lowest BCUT2D eigenvalue weighted by atomic mass is 9.96. The molecular formula is C108H70N4O2. The Labute approximate surface area is 659 Å². The molecule has 0 radical (unpaired) electrons. The van der Waals surface area contributed by atoms with Crippen LogP contribution in [0.15, 0.2) is 433 Å². The molecule has 0 saturated carbocycles. The average Bonchev–Trinajstić information content (AvgIpc) is 1.59. The topological polar surface area (TPSA) is 42.6 Å². The Morgan fingerprint density at radius 3 is 0.719 bits per heavy atom. The summed E-state index contributed by atoms with van der Waals surface area (Å²) in [5, 5.41) is 9.39. The Bertz CT molecular complexity index is 6970. The molecule has 4 aromatic heterocycles. The fraction of sp³-hybridized carbons (Fsp3) is 0. The van der Waals surface area contributed by atoms with E-state index in [-0.39, 0.29) is 0 Å². The summed E-state index contributed by atoms with van der Waals surface area (Å²) in [4.78, 5) is 4.73. The summed E-state index contributed by atoms with van der Waals surface area (Å²) in [6.07, 6.45) is 0. The molecule has 0 aliphatic carbocycles. The Morgan fingerprint density at radius 1 is 0.149 bits per heavy atom. The summed E-state index contributed by atoms with van der Waals surface area (Å²) in [5.74, 6) is 0. The number of hydrogen-bond acceptors (Lipinski definition) is 4. The first-order valence-corrected chi connectivity index (χ1v) is 38.9. The largest absolute Gasteiger partial charge is 0.456 e. The maximum Gasteiger partial charge on any atom is 0.135 e. The van der Waals surface area contributed by atoms with Gasteiger partial charge in [-0.05, 0) is 260 Å². The van der Waals surface area contributed by atoms with E-state index in [2.05, 4.69) is 419 Å². The summed E-state index contributed by atoms with van der Waals surface area (Å²) in [6.45, 7) is 0. The number of benzene rings is 18. The number of para-hydroxylation sites is 6. The molecule has 4 heterocycles. The van der Waals surface area contributed by atoms with Gasteiger partial charge in [0.15, 0.2) is 0 Å². The molecule has 6 heteroatoms. The average molecular weight is 1460 g/mol. The molecule has 22 rings (SSSR count). The minimum absolute atomic E-state index is 0.889. The predicted molar refractivity (Wildman–Crippen MR) is 477 cm³/mol. The molecule has 0 N–H and O–H groups in total. The molecule has 0 bridgehead atoms. The third-order valence-corrected chi connectivity index (χ3v) is 22.9. The highest BCUT2D eigenvalue weighted by Crippen LogP contribution is 2.45. The lowest BCUT2D eigenvalue weighted by Crippen LogP contribution is -2.09. The number of anilines is 6. The fourth-order valence-corrected chi connectivity index (χ4v) is 17.3. The monoisotopic (exact) mass is 1450 g/mol. The molecule has 6 nitrogen and oxygen atoms in total. The first-order valence-electron chi connectivity index (χ1n) is 38.9. The van der Waals surface area contributed by atoms with E-state index in [0.717, 1.165) is 156 Å². The lowest BCUT2D eigenvalue weighted by Gasteiger charge is -2.26. The molecular weight excluding hydrogens is 1390 g/mol. The van der Waals surface area contributed by atoms with E-state index in [0.29, 0.717) is 0 Å². The van der Waals surface area contributed by atoms with Gasteiger partial charge < -0.3 is 27.8 Å². The molecule has 0 fully saturated rings. The Kier molecular flexibility index (Phi) is 15.8. The smallest absolute Gasteiger partial charge is 0.135 e. The molecule has 0 saturated heterocycles. The molecule has 0 atom stereocenters. The fourth-order valence-electron chi connectivity index (χ4n) is 17.3. The lowest BCUT2D eigenvalue weighted by molar-refractivity contribution is 0.668. The van der Waals surface area contributed by atoms with Gasteiger partial charge in [0, 0.05) is 88.6 Å². The van der Waals surface area contributed by atoms with Gasteiger partial charge in [-0.3, -0.25) is 0 Å². The maximum absolute atomic E-state index is 6.23. The highest BCUT2D eigenvalue weighted by atomic mass is 16.3. The number of fused-ring (bicyclic) bond motifs is 12. The molecule has 114 heavy (non-hydrogen) atoms. The minimum Gasteiger partial charge on any atom is -0.456 e. The number of aromatic nitrogens is 2. The summed E-state index contributed by atoms with van der Waals surface area (Å²) >= 11 is 0. The number of hydrogen-bond donors (Lipinski definition) is 0. The third-order valence-electron chi connectivity index (χ3n) is 22.9. The molecule has 22 aromatic rings. The van der Waals surface area contributed by atoms with Crippen molar-refractivity contribution in [1.29, 1.82) is 0 Å². The first-order chi connectivity index (χ1) is 56.5. The van der Waals surface area contributed by atoms with E-state index < -0.39 is 0 Å². The van der Waals surface area contributed by atoms with Crippen LogP contribution in [0.3, 0.4) is 0 Å². The Morgan fingerprint density at radius 2 is 0.386 bits per heavy atom. The molecule has 0 aliphatic rings. The van der Waals surface area contributed by atoms with Crippen molar-refractivity contribution in [2.75, 3.05) is 9.80 Å². The van der Waals surface area contributed by atoms with Crippen LogP contribution in [0.1, 0.15) is 0 Å². The second kappa shape index (κ2) is 27.4. The zero-order valence-corrected chi connectivity index (χ0v) is 62.0. The van der Waals surface area contributed by atoms with Crippen molar-refractivity contribution in [2.45, 2.75) is 0 Å². The summed E-state index contributed by atoms with van der Waals surface area (Å²) in [6, 6.07) is 154. The van der Waals surface area contributed by atoms with Crippen molar-refractivity contribution in [3.8, 4) is 89.3 Å². The first kappa shape index (κ1) is 65.8. The predicted octanol–water partition coefficient (Wildman–Crippen LogP) is 30.3. The zero-order chi connectivity index (χ0) is 75.2. The van der Waals surface area contributed by atoms with Crippen molar-refractivity contribution in [3.05, 3.63) is 425 Å². The van der Waals surface area contributed by atoms with E-state index in [9.17, 15) is 0 Å². The van der Waals surface area contributed by atoms with Gasteiger partial charge in [0.2, 0.25) is 0 Å². The normalized spacial score (nSPS) is 11.7. The standard InChI is InChI=1S/C108H70N4O2/c1-3-21-85(22-4-1)111-101-29-11-7-25-93(101)97-67-81(45-61-103(97)111)73-37-53-89(54-38-73)109(91-57-41-75(42-58-91)83-47-63-107-99(69-83)95-27-9-13-31-105(95)113-107)87-49-33-71(34-50-87)77-17-15-19-79(65-77)80-20-16-18-78(66-80)72-35-51-88(52-36-72)110(92-59-43-76(44-60-92)84-48-64-108-100(70-84)96-28-10-14-32-106(96)114-108)90-55-39-74(40-56-90)82-46-62-104-98(68-82)94-26-8-12-30-102(94)112(104)86-23-5-2-6-24-86/h1-70H. The molecule has 0 unspecified atom stereocenters. The van der Waals surface area contributed by atoms with Gasteiger partial charge in [0.05, 0.1) is 22.1 Å². The molecule has 534 valence electrons. The zero-order valence-electron chi connectivity index (χ0n) is 62.0. The van der Waals surface area contributed by atoms with Crippen LogP contribution in [-0.2, 0) is 0 Å². The van der Waals surface area contributed by atoms with Crippen LogP contribution in [0.4, 0.5) is 34.1 Å². The van der Waals surface area contributed by atoms with E-state index in [1.165, 1.54) is 54.7 Å². The van der Waals surface area contributed by atoms with E-state index >= 15 is 0 Å². The van der Waals surface area contributed by atoms with Crippen LogP contribution in [-0.4, -0.2) is 9.13 Å². The second-order valence-corrected chi connectivity index (χ2v) is 29.6. The highest BCUT2D eigenvalue weighted by molar-refractivity contribution is 6.13. The van der Waals surface area contributed by atoms with Gasteiger partial charge in [-0.1, -0.05) is 243 Å². The van der Waals surface area contributed by atoms with Crippen molar-refractivity contribution >= 4 is 122 Å².